The number of rotatable bonds is 5. The van der Waals surface area contributed by atoms with Crippen LogP contribution in [0, 0.1) is 0 Å². The van der Waals surface area contributed by atoms with Gasteiger partial charge < -0.3 is 9.32 Å². The molecule has 0 radical (unpaired) electrons. The van der Waals surface area contributed by atoms with Crippen molar-refractivity contribution in [3.05, 3.63) is 246 Å². The van der Waals surface area contributed by atoms with Crippen LogP contribution in [0.3, 0.4) is 0 Å². The summed E-state index contributed by atoms with van der Waals surface area (Å²) in [5.74, 6) is 0. The van der Waals surface area contributed by atoms with E-state index in [0.29, 0.717) is 0 Å². The molecule has 0 amide bonds. The second-order valence-electron chi connectivity index (χ2n) is 16.8. The Hall–Kier alpha value is -7.42. The van der Waals surface area contributed by atoms with Gasteiger partial charge in [-0.15, -0.1) is 0 Å². The summed E-state index contributed by atoms with van der Waals surface area (Å²) in [6, 6.07) is 77.8. The molecule has 0 N–H and O–H groups in total. The third-order valence-electron chi connectivity index (χ3n) is 13.4. The third-order valence-corrected chi connectivity index (χ3v) is 13.4. The first kappa shape index (κ1) is 34.6. The van der Waals surface area contributed by atoms with Gasteiger partial charge in [0.25, 0.3) is 0 Å². The molecule has 0 aliphatic heterocycles. The van der Waals surface area contributed by atoms with Crippen molar-refractivity contribution in [1.82, 2.24) is 0 Å². The van der Waals surface area contributed by atoms with Crippen LogP contribution in [0.4, 0.5) is 17.1 Å². The summed E-state index contributed by atoms with van der Waals surface area (Å²) in [7, 11) is 0. The van der Waals surface area contributed by atoms with Crippen LogP contribution in [0.1, 0.15) is 47.2 Å². The predicted octanol–water partition coefficient (Wildman–Crippen LogP) is 15.4. The van der Waals surface area contributed by atoms with Crippen LogP contribution in [0.25, 0.3) is 55.3 Å². The fraction of sp³-hybridized carbons (Fsp3) is 0.0690. The van der Waals surface area contributed by atoms with Gasteiger partial charge in [0.05, 0.1) is 11.1 Å². The fourth-order valence-corrected chi connectivity index (χ4v) is 10.7. The summed E-state index contributed by atoms with van der Waals surface area (Å²) in [6.07, 6.45) is 0. The van der Waals surface area contributed by atoms with E-state index < -0.39 is 5.41 Å². The average molecular weight is 768 g/mol. The zero-order valence-corrected chi connectivity index (χ0v) is 33.6. The molecule has 1 aromatic heterocycles. The molecule has 9 aromatic carbocycles. The van der Waals surface area contributed by atoms with Crippen LogP contribution < -0.4 is 4.90 Å². The highest BCUT2D eigenvalue weighted by atomic mass is 16.3. The zero-order valence-electron chi connectivity index (χ0n) is 33.6. The van der Waals surface area contributed by atoms with Crippen LogP contribution >= 0.6 is 0 Å². The summed E-state index contributed by atoms with van der Waals surface area (Å²) in [5.41, 5.74) is 19.9. The van der Waals surface area contributed by atoms with Crippen LogP contribution in [0.15, 0.2) is 217 Å². The summed E-state index contributed by atoms with van der Waals surface area (Å²) in [4.78, 5) is 2.33. The third kappa shape index (κ3) is 4.82. The molecule has 1 heterocycles. The summed E-state index contributed by atoms with van der Waals surface area (Å²) in [5, 5.41) is 2.22. The Morgan fingerprint density at radius 2 is 0.867 bits per heavy atom. The number of hydrogen-bond acceptors (Lipinski definition) is 2. The molecule has 0 unspecified atom stereocenters. The molecule has 0 saturated heterocycles. The van der Waals surface area contributed by atoms with Crippen molar-refractivity contribution in [2.75, 3.05) is 4.90 Å². The first-order chi connectivity index (χ1) is 29.5. The lowest BCUT2D eigenvalue weighted by Crippen LogP contribution is -2.40. The summed E-state index contributed by atoms with van der Waals surface area (Å²) >= 11 is 0. The van der Waals surface area contributed by atoms with Gasteiger partial charge in [-0.1, -0.05) is 190 Å². The van der Waals surface area contributed by atoms with Gasteiger partial charge >= 0.3 is 0 Å². The van der Waals surface area contributed by atoms with E-state index in [-0.39, 0.29) is 5.41 Å². The Balaban J connectivity index is 1.04. The maximum atomic E-state index is 6.65. The minimum absolute atomic E-state index is 0.135. The van der Waals surface area contributed by atoms with E-state index in [4.69, 9.17) is 4.42 Å². The van der Waals surface area contributed by atoms with Gasteiger partial charge in [0.15, 0.2) is 5.58 Å². The van der Waals surface area contributed by atoms with E-state index in [2.05, 4.69) is 225 Å². The number of hydrogen-bond donors (Lipinski definition) is 0. The Kier molecular flexibility index (Phi) is 7.52. The number of fused-ring (bicyclic) bond motifs is 12. The fourth-order valence-electron chi connectivity index (χ4n) is 10.7. The van der Waals surface area contributed by atoms with E-state index in [9.17, 15) is 0 Å². The van der Waals surface area contributed by atoms with Crippen LogP contribution in [-0.4, -0.2) is 0 Å². The van der Waals surface area contributed by atoms with Crippen molar-refractivity contribution >= 4 is 39.0 Å². The molecule has 2 heteroatoms. The SMILES string of the molecule is CC1(C)c2ccccc2C2(c3ccccc3-c3c(-c4ccc(N(c5ccc(-c6ccccc6)cc5)c5cccc6c5oc5ccccc56)cc4)cccc32)c2ccccc21. The molecule has 284 valence electrons. The van der Waals surface area contributed by atoms with E-state index in [1.165, 1.54) is 66.8 Å². The van der Waals surface area contributed by atoms with Crippen LogP contribution in [-0.2, 0) is 10.8 Å². The van der Waals surface area contributed by atoms with E-state index in [1.54, 1.807) is 0 Å². The Bertz CT molecular complexity index is 3230. The van der Waals surface area contributed by atoms with Gasteiger partial charge in [-0.3, -0.25) is 0 Å². The van der Waals surface area contributed by atoms with Crippen molar-refractivity contribution in [3.63, 3.8) is 0 Å². The normalized spacial score (nSPS) is 14.1. The maximum Gasteiger partial charge on any atom is 0.159 e. The predicted molar refractivity (Wildman–Crippen MR) is 249 cm³/mol. The molecule has 0 fully saturated rings. The second kappa shape index (κ2) is 13.0. The standard InChI is InChI=1S/C58H41NO/c1-57(2)48-23-9-11-25-50(48)58(51-26-12-10-24-49(51)57)47-22-8-6-19-46(47)55-43(20-14-27-52(55)58)40-32-36-42(37-33-40)59(41-34-30-39(31-35-41)38-16-4-3-5-17-38)53-28-15-21-45-44-18-7-13-29-54(44)60-56(45)53/h3-37H,1-2H3. The Labute approximate surface area is 350 Å². The minimum Gasteiger partial charge on any atom is -0.454 e. The van der Waals surface area contributed by atoms with Gasteiger partial charge in [0, 0.05) is 27.6 Å². The lowest BCUT2D eigenvalue weighted by molar-refractivity contribution is 0.563. The van der Waals surface area contributed by atoms with Gasteiger partial charge in [0.2, 0.25) is 0 Å². The van der Waals surface area contributed by atoms with E-state index in [0.717, 1.165) is 39.0 Å². The number of furan rings is 1. The van der Waals surface area contributed by atoms with Gasteiger partial charge in [-0.05, 0) is 103 Å². The molecule has 0 bridgehead atoms. The number of para-hydroxylation sites is 2. The Morgan fingerprint density at radius 1 is 0.367 bits per heavy atom. The highest BCUT2D eigenvalue weighted by Gasteiger charge is 2.53. The number of benzene rings is 9. The molecule has 2 nitrogen and oxygen atoms in total. The smallest absolute Gasteiger partial charge is 0.159 e. The highest BCUT2D eigenvalue weighted by molar-refractivity contribution is 6.10. The van der Waals surface area contributed by atoms with Crippen molar-refractivity contribution in [2.24, 2.45) is 0 Å². The van der Waals surface area contributed by atoms with Crippen LogP contribution in [0.2, 0.25) is 0 Å². The molecular weight excluding hydrogens is 727 g/mol. The van der Waals surface area contributed by atoms with E-state index in [1.807, 2.05) is 6.07 Å². The quantitative estimate of drug-likeness (QED) is 0.173. The van der Waals surface area contributed by atoms with E-state index >= 15 is 0 Å². The average Bonchev–Trinajstić information content (AvgIpc) is 3.84. The molecule has 1 spiro atoms. The second-order valence-corrected chi connectivity index (χ2v) is 16.8. The van der Waals surface area contributed by atoms with Crippen molar-refractivity contribution in [2.45, 2.75) is 24.7 Å². The van der Waals surface area contributed by atoms with Gasteiger partial charge in [0.1, 0.15) is 5.58 Å². The largest absolute Gasteiger partial charge is 0.454 e. The first-order valence-electron chi connectivity index (χ1n) is 20.9. The maximum absolute atomic E-state index is 6.65. The minimum atomic E-state index is -0.432. The molecule has 0 saturated carbocycles. The molecule has 2 aliphatic rings. The van der Waals surface area contributed by atoms with Crippen molar-refractivity contribution in [1.29, 1.82) is 0 Å². The van der Waals surface area contributed by atoms with Gasteiger partial charge in [-0.25, -0.2) is 0 Å². The summed E-state index contributed by atoms with van der Waals surface area (Å²) in [6.45, 7) is 4.76. The molecule has 2 aliphatic carbocycles. The molecule has 12 rings (SSSR count). The van der Waals surface area contributed by atoms with Crippen molar-refractivity contribution in [3.8, 4) is 33.4 Å². The monoisotopic (exact) mass is 767 g/mol. The molecular formula is C58H41NO. The van der Waals surface area contributed by atoms with Gasteiger partial charge in [-0.2, -0.15) is 0 Å². The topological polar surface area (TPSA) is 16.4 Å². The number of anilines is 3. The van der Waals surface area contributed by atoms with Crippen molar-refractivity contribution < 1.29 is 4.42 Å². The molecule has 0 atom stereocenters. The first-order valence-corrected chi connectivity index (χ1v) is 20.9. The van der Waals surface area contributed by atoms with Crippen LogP contribution in [0.5, 0.6) is 0 Å². The lowest BCUT2D eigenvalue weighted by atomic mass is 9.55. The summed E-state index contributed by atoms with van der Waals surface area (Å²) < 4.78 is 6.65. The molecule has 60 heavy (non-hydrogen) atoms. The zero-order chi connectivity index (χ0) is 40.0. The lowest BCUT2D eigenvalue weighted by Gasteiger charge is -2.46. The number of nitrogens with zero attached hydrogens (tertiary/aromatic N) is 1. The molecule has 10 aromatic rings. The Morgan fingerprint density at radius 3 is 1.57 bits per heavy atom. The highest BCUT2D eigenvalue weighted by Crippen LogP contribution is 2.63.